The van der Waals surface area contributed by atoms with Crippen LogP contribution in [0, 0.1) is 0 Å². The van der Waals surface area contributed by atoms with Crippen LogP contribution in [0.3, 0.4) is 0 Å². The third-order valence-corrected chi connectivity index (χ3v) is 5.44. The van der Waals surface area contributed by atoms with Gasteiger partial charge in [0.2, 0.25) is 5.91 Å². The summed E-state index contributed by atoms with van der Waals surface area (Å²) >= 11 is 1.52. The highest BCUT2D eigenvalue weighted by atomic mass is 32.2. The maximum absolute atomic E-state index is 12.7. The number of nitrogens with one attached hydrogen (secondary N) is 1. The van der Waals surface area contributed by atoms with Gasteiger partial charge in [-0.3, -0.25) is 4.79 Å². The molecule has 0 fully saturated rings. The molecule has 1 atom stereocenters. The molecule has 6 nitrogen and oxygen atoms in total. The molecule has 0 saturated carbocycles. The van der Waals surface area contributed by atoms with Crippen LogP contribution in [-0.2, 0) is 16.0 Å². The van der Waals surface area contributed by atoms with E-state index < -0.39 is 5.97 Å². The molecule has 1 N–H and O–H groups in total. The van der Waals surface area contributed by atoms with Crippen LogP contribution in [0.4, 0.5) is 5.69 Å². The third-order valence-electron chi connectivity index (χ3n) is 4.13. The van der Waals surface area contributed by atoms with Gasteiger partial charge in [-0.2, -0.15) is 0 Å². The zero-order valence-corrected chi connectivity index (χ0v) is 15.5. The van der Waals surface area contributed by atoms with E-state index in [0.29, 0.717) is 23.6 Å². The first kappa shape index (κ1) is 18.1. The van der Waals surface area contributed by atoms with E-state index in [-0.39, 0.29) is 16.7 Å². The SMILES string of the molecule is COC(=O)c1cc(OC)c(OC)cc1NC(=O)[C@H]1Cc2ccccc2S1. The summed E-state index contributed by atoms with van der Waals surface area (Å²) in [5.41, 5.74) is 1.69. The first-order valence-corrected chi connectivity index (χ1v) is 8.85. The van der Waals surface area contributed by atoms with Gasteiger partial charge >= 0.3 is 5.97 Å². The smallest absolute Gasteiger partial charge is 0.340 e. The molecule has 0 aromatic heterocycles. The molecule has 7 heteroatoms. The van der Waals surface area contributed by atoms with Gasteiger partial charge in [-0.15, -0.1) is 11.8 Å². The Balaban J connectivity index is 1.86. The van der Waals surface area contributed by atoms with Gasteiger partial charge < -0.3 is 19.5 Å². The number of ether oxygens (including phenoxy) is 3. The number of fused-ring (bicyclic) bond motifs is 1. The van der Waals surface area contributed by atoms with E-state index in [1.807, 2.05) is 24.3 Å². The minimum Gasteiger partial charge on any atom is -0.493 e. The predicted octanol–water partition coefficient (Wildman–Crippen LogP) is 3.15. The molecular weight excluding hydrogens is 354 g/mol. The van der Waals surface area contributed by atoms with Crippen molar-refractivity contribution in [1.82, 2.24) is 0 Å². The second-order valence-electron chi connectivity index (χ2n) is 5.65. The second-order valence-corrected chi connectivity index (χ2v) is 6.90. The fourth-order valence-corrected chi connectivity index (χ4v) is 4.00. The number of benzene rings is 2. The lowest BCUT2D eigenvalue weighted by atomic mass is 10.1. The molecule has 2 aromatic rings. The first-order chi connectivity index (χ1) is 12.6. The Labute approximate surface area is 155 Å². The predicted molar refractivity (Wildman–Crippen MR) is 99.3 cm³/mol. The molecule has 1 aliphatic heterocycles. The summed E-state index contributed by atoms with van der Waals surface area (Å²) in [6.07, 6.45) is 0.646. The van der Waals surface area contributed by atoms with E-state index in [9.17, 15) is 9.59 Å². The van der Waals surface area contributed by atoms with Crippen molar-refractivity contribution in [1.29, 1.82) is 0 Å². The summed E-state index contributed by atoms with van der Waals surface area (Å²) in [6.45, 7) is 0. The Morgan fingerprint density at radius 2 is 1.77 bits per heavy atom. The number of rotatable bonds is 5. The first-order valence-electron chi connectivity index (χ1n) is 7.97. The Morgan fingerprint density at radius 3 is 2.42 bits per heavy atom. The largest absolute Gasteiger partial charge is 0.493 e. The van der Waals surface area contributed by atoms with Gasteiger partial charge in [0.15, 0.2) is 11.5 Å². The molecular formula is C19H19NO5S. The van der Waals surface area contributed by atoms with Gasteiger partial charge in [0.1, 0.15) is 0 Å². The van der Waals surface area contributed by atoms with Gasteiger partial charge in [-0.25, -0.2) is 4.79 Å². The third kappa shape index (κ3) is 3.48. The Hall–Kier alpha value is -2.67. The maximum atomic E-state index is 12.7. The summed E-state index contributed by atoms with van der Waals surface area (Å²) in [6, 6.07) is 11.0. The number of thioether (sulfide) groups is 1. The average molecular weight is 373 g/mol. The van der Waals surface area contributed by atoms with Crippen molar-refractivity contribution >= 4 is 29.3 Å². The Kier molecular flexibility index (Phi) is 5.37. The van der Waals surface area contributed by atoms with Crippen LogP contribution >= 0.6 is 11.8 Å². The standard InChI is InChI=1S/C19H19NO5S/c1-23-14-9-12(19(22)25-3)13(10-15(14)24-2)20-18(21)17-8-11-6-4-5-7-16(11)26-17/h4-7,9-10,17H,8H2,1-3H3,(H,20,21)/t17-/m1/s1. The molecule has 0 spiro atoms. The molecule has 0 bridgehead atoms. The quantitative estimate of drug-likeness (QED) is 0.812. The summed E-state index contributed by atoms with van der Waals surface area (Å²) in [5, 5.41) is 2.57. The highest BCUT2D eigenvalue weighted by molar-refractivity contribution is 8.01. The van der Waals surface area contributed by atoms with Crippen LogP contribution in [0.25, 0.3) is 0 Å². The number of carbonyl (C=O) groups is 2. The molecule has 0 saturated heterocycles. The average Bonchev–Trinajstić information content (AvgIpc) is 3.11. The van der Waals surface area contributed by atoms with Crippen molar-refractivity contribution in [3.05, 3.63) is 47.5 Å². The van der Waals surface area contributed by atoms with E-state index in [1.54, 1.807) is 6.07 Å². The van der Waals surface area contributed by atoms with Gasteiger partial charge in [0, 0.05) is 17.0 Å². The molecule has 3 rings (SSSR count). The van der Waals surface area contributed by atoms with Crippen LogP contribution in [0.1, 0.15) is 15.9 Å². The zero-order valence-electron chi connectivity index (χ0n) is 14.7. The van der Waals surface area contributed by atoms with E-state index in [2.05, 4.69) is 5.32 Å². The van der Waals surface area contributed by atoms with Crippen LogP contribution in [-0.4, -0.2) is 38.5 Å². The molecule has 1 aliphatic rings. The van der Waals surface area contributed by atoms with Gasteiger partial charge in [-0.05, 0) is 18.1 Å². The van der Waals surface area contributed by atoms with Crippen molar-refractivity contribution in [2.24, 2.45) is 0 Å². The van der Waals surface area contributed by atoms with E-state index in [1.165, 1.54) is 39.2 Å². The number of hydrogen-bond acceptors (Lipinski definition) is 6. The molecule has 2 aromatic carbocycles. The van der Waals surface area contributed by atoms with Crippen LogP contribution in [0.2, 0.25) is 0 Å². The van der Waals surface area contributed by atoms with Crippen LogP contribution < -0.4 is 14.8 Å². The maximum Gasteiger partial charge on any atom is 0.340 e. The van der Waals surface area contributed by atoms with Crippen LogP contribution in [0.15, 0.2) is 41.3 Å². The fraction of sp³-hybridized carbons (Fsp3) is 0.263. The number of carbonyl (C=O) groups excluding carboxylic acids is 2. The van der Waals surface area contributed by atoms with Crippen molar-refractivity contribution in [2.45, 2.75) is 16.6 Å². The second kappa shape index (κ2) is 7.70. The molecule has 26 heavy (non-hydrogen) atoms. The van der Waals surface area contributed by atoms with Crippen molar-refractivity contribution < 1.29 is 23.8 Å². The van der Waals surface area contributed by atoms with E-state index >= 15 is 0 Å². The number of anilines is 1. The number of hydrogen-bond donors (Lipinski definition) is 1. The summed E-state index contributed by atoms with van der Waals surface area (Å²) in [7, 11) is 4.25. The van der Waals surface area contributed by atoms with Crippen molar-refractivity contribution in [3.8, 4) is 11.5 Å². The van der Waals surface area contributed by atoms with Crippen molar-refractivity contribution in [3.63, 3.8) is 0 Å². The van der Waals surface area contributed by atoms with E-state index in [4.69, 9.17) is 14.2 Å². The fourth-order valence-electron chi connectivity index (χ4n) is 2.80. The summed E-state index contributed by atoms with van der Waals surface area (Å²) in [5.74, 6) is 0.0542. The molecule has 1 heterocycles. The van der Waals surface area contributed by atoms with Gasteiger partial charge in [0.25, 0.3) is 0 Å². The highest BCUT2D eigenvalue weighted by Gasteiger charge is 2.29. The summed E-state index contributed by atoms with van der Waals surface area (Å²) < 4.78 is 15.3. The molecule has 0 unspecified atom stereocenters. The number of esters is 1. The van der Waals surface area contributed by atoms with Crippen LogP contribution in [0.5, 0.6) is 11.5 Å². The Morgan fingerprint density at radius 1 is 1.08 bits per heavy atom. The molecule has 0 aliphatic carbocycles. The van der Waals surface area contributed by atoms with Crippen molar-refractivity contribution in [2.75, 3.05) is 26.6 Å². The minimum atomic E-state index is -0.566. The monoisotopic (exact) mass is 373 g/mol. The zero-order chi connectivity index (χ0) is 18.7. The summed E-state index contributed by atoms with van der Waals surface area (Å²) in [4.78, 5) is 26.0. The number of methoxy groups -OCH3 is 3. The molecule has 136 valence electrons. The Bertz CT molecular complexity index is 827. The highest BCUT2D eigenvalue weighted by Crippen LogP contribution is 2.38. The minimum absolute atomic E-state index is 0.177. The normalized spacial score (nSPS) is 15.1. The topological polar surface area (TPSA) is 73.9 Å². The lowest BCUT2D eigenvalue weighted by Crippen LogP contribution is -2.26. The lowest BCUT2D eigenvalue weighted by Gasteiger charge is -2.16. The molecule has 0 radical (unpaired) electrons. The molecule has 1 amide bonds. The number of amides is 1. The van der Waals surface area contributed by atoms with E-state index in [0.717, 1.165) is 10.5 Å². The van der Waals surface area contributed by atoms with Gasteiger partial charge in [0.05, 0.1) is 37.8 Å². The lowest BCUT2D eigenvalue weighted by molar-refractivity contribution is -0.115. The van der Waals surface area contributed by atoms with Gasteiger partial charge in [-0.1, -0.05) is 18.2 Å².